The normalized spacial score (nSPS) is 14.6. The molecule has 0 spiro atoms. The summed E-state index contributed by atoms with van der Waals surface area (Å²) in [7, 11) is 0. The predicted molar refractivity (Wildman–Crippen MR) is 59.6 cm³/mol. The molecule has 0 saturated carbocycles. The lowest BCUT2D eigenvalue weighted by atomic mass is 10.1. The van der Waals surface area contributed by atoms with Crippen LogP contribution in [-0.2, 0) is 11.3 Å². The first kappa shape index (κ1) is 11.0. The Balaban J connectivity index is 2.34. The lowest BCUT2D eigenvalue weighted by Crippen LogP contribution is -2.16. The first-order chi connectivity index (χ1) is 7.83. The number of carbonyl (C=O) groups is 1. The lowest BCUT2D eigenvalue weighted by Gasteiger charge is -2.11. The SMILES string of the molecule is CCOC(=O)c1cccc2c1OCCNC2. The summed E-state index contributed by atoms with van der Waals surface area (Å²) in [6.45, 7) is 4.26. The van der Waals surface area contributed by atoms with Crippen molar-refractivity contribution in [2.75, 3.05) is 19.8 Å². The van der Waals surface area contributed by atoms with E-state index in [0.717, 1.165) is 18.7 Å². The summed E-state index contributed by atoms with van der Waals surface area (Å²) in [5.41, 5.74) is 1.52. The number of benzene rings is 1. The third-order valence-electron chi connectivity index (χ3n) is 2.43. The summed E-state index contributed by atoms with van der Waals surface area (Å²) < 4.78 is 10.6. The number of fused-ring (bicyclic) bond motifs is 1. The Labute approximate surface area is 94.6 Å². The highest BCUT2D eigenvalue weighted by Crippen LogP contribution is 2.26. The molecule has 1 heterocycles. The van der Waals surface area contributed by atoms with Gasteiger partial charge in [-0.2, -0.15) is 0 Å². The maximum atomic E-state index is 11.7. The van der Waals surface area contributed by atoms with E-state index < -0.39 is 0 Å². The first-order valence-corrected chi connectivity index (χ1v) is 5.45. The second-order valence-corrected chi connectivity index (χ2v) is 3.54. The van der Waals surface area contributed by atoms with Crippen molar-refractivity contribution in [3.8, 4) is 5.75 Å². The molecule has 2 rings (SSSR count). The van der Waals surface area contributed by atoms with Gasteiger partial charge in [-0.25, -0.2) is 4.79 Å². The minimum absolute atomic E-state index is 0.318. The molecular weight excluding hydrogens is 206 g/mol. The second-order valence-electron chi connectivity index (χ2n) is 3.54. The second kappa shape index (κ2) is 4.99. The van der Waals surface area contributed by atoms with Gasteiger partial charge in [0.25, 0.3) is 0 Å². The lowest BCUT2D eigenvalue weighted by molar-refractivity contribution is 0.0522. The molecule has 0 saturated heterocycles. The highest BCUT2D eigenvalue weighted by molar-refractivity contribution is 5.93. The molecule has 0 bridgehead atoms. The van der Waals surface area contributed by atoms with Crippen molar-refractivity contribution in [3.63, 3.8) is 0 Å². The van der Waals surface area contributed by atoms with E-state index in [1.54, 1.807) is 13.0 Å². The summed E-state index contributed by atoms with van der Waals surface area (Å²) in [5.74, 6) is 0.340. The van der Waals surface area contributed by atoms with Gasteiger partial charge >= 0.3 is 5.97 Å². The molecule has 0 aliphatic carbocycles. The molecule has 0 radical (unpaired) electrons. The summed E-state index contributed by atoms with van der Waals surface area (Å²) in [6.07, 6.45) is 0. The largest absolute Gasteiger partial charge is 0.491 e. The zero-order valence-electron chi connectivity index (χ0n) is 9.29. The highest BCUT2D eigenvalue weighted by Gasteiger charge is 2.18. The number of esters is 1. The average molecular weight is 221 g/mol. The number of hydrogen-bond acceptors (Lipinski definition) is 4. The van der Waals surface area contributed by atoms with E-state index in [0.29, 0.717) is 24.5 Å². The summed E-state index contributed by atoms with van der Waals surface area (Å²) in [6, 6.07) is 5.54. The summed E-state index contributed by atoms with van der Waals surface area (Å²) >= 11 is 0. The quantitative estimate of drug-likeness (QED) is 0.766. The number of carbonyl (C=O) groups excluding carboxylic acids is 1. The fraction of sp³-hybridized carbons (Fsp3) is 0.417. The van der Waals surface area contributed by atoms with Gasteiger partial charge in [-0.15, -0.1) is 0 Å². The Morgan fingerprint density at radius 1 is 1.56 bits per heavy atom. The highest BCUT2D eigenvalue weighted by atomic mass is 16.5. The van der Waals surface area contributed by atoms with E-state index in [-0.39, 0.29) is 5.97 Å². The van der Waals surface area contributed by atoms with Gasteiger partial charge in [0, 0.05) is 18.7 Å². The van der Waals surface area contributed by atoms with Gasteiger partial charge in [0.15, 0.2) is 0 Å². The molecular formula is C12H15NO3. The average Bonchev–Trinajstić information content (AvgIpc) is 2.53. The molecule has 1 N–H and O–H groups in total. The Morgan fingerprint density at radius 3 is 3.25 bits per heavy atom. The Hall–Kier alpha value is -1.55. The smallest absolute Gasteiger partial charge is 0.341 e. The maximum Gasteiger partial charge on any atom is 0.341 e. The third-order valence-corrected chi connectivity index (χ3v) is 2.43. The van der Waals surface area contributed by atoms with Crippen molar-refractivity contribution in [1.29, 1.82) is 0 Å². The number of hydrogen-bond donors (Lipinski definition) is 1. The molecule has 4 heteroatoms. The molecule has 0 amide bonds. The van der Waals surface area contributed by atoms with Crippen LogP contribution in [0, 0.1) is 0 Å². The van der Waals surface area contributed by atoms with Crippen LogP contribution < -0.4 is 10.1 Å². The van der Waals surface area contributed by atoms with Crippen molar-refractivity contribution in [3.05, 3.63) is 29.3 Å². The molecule has 4 nitrogen and oxygen atoms in total. The molecule has 1 aromatic rings. The molecule has 0 aromatic heterocycles. The van der Waals surface area contributed by atoms with Crippen molar-refractivity contribution >= 4 is 5.97 Å². The van der Waals surface area contributed by atoms with Crippen LogP contribution in [0.25, 0.3) is 0 Å². The molecule has 0 atom stereocenters. The standard InChI is InChI=1S/C12H15NO3/c1-2-15-12(14)10-5-3-4-9-8-13-6-7-16-11(9)10/h3-5,13H,2,6-8H2,1H3. The van der Waals surface area contributed by atoms with Crippen molar-refractivity contribution in [2.45, 2.75) is 13.5 Å². The van der Waals surface area contributed by atoms with Gasteiger partial charge < -0.3 is 14.8 Å². The van der Waals surface area contributed by atoms with Crippen LogP contribution in [-0.4, -0.2) is 25.7 Å². The minimum Gasteiger partial charge on any atom is -0.491 e. The van der Waals surface area contributed by atoms with Crippen LogP contribution in [0.4, 0.5) is 0 Å². The van der Waals surface area contributed by atoms with Crippen LogP contribution >= 0.6 is 0 Å². The van der Waals surface area contributed by atoms with Gasteiger partial charge in [-0.1, -0.05) is 12.1 Å². The Morgan fingerprint density at radius 2 is 2.44 bits per heavy atom. The molecule has 16 heavy (non-hydrogen) atoms. The van der Waals surface area contributed by atoms with Crippen LogP contribution in [0.3, 0.4) is 0 Å². The minimum atomic E-state index is -0.318. The molecule has 1 aliphatic rings. The van der Waals surface area contributed by atoms with Gasteiger partial charge in [0.05, 0.1) is 6.61 Å². The van der Waals surface area contributed by atoms with Crippen molar-refractivity contribution < 1.29 is 14.3 Å². The zero-order valence-corrected chi connectivity index (χ0v) is 9.29. The van der Waals surface area contributed by atoms with Crippen molar-refractivity contribution in [2.24, 2.45) is 0 Å². The topological polar surface area (TPSA) is 47.6 Å². The van der Waals surface area contributed by atoms with E-state index in [9.17, 15) is 4.79 Å². The molecule has 86 valence electrons. The third kappa shape index (κ3) is 2.17. The van der Waals surface area contributed by atoms with Gasteiger partial charge in [0.1, 0.15) is 17.9 Å². The van der Waals surface area contributed by atoms with Gasteiger partial charge in [0.2, 0.25) is 0 Å². The van der Waals surface area contributed by atoms with Gasteiger partial charge in [-0.3, -0.25) is 0 Å². The van der Waals surface area contributed by atoms with E-state index >= 15 is 0 Å². The van der Waals surface area contributed by atoms with Gasteiger partial charge in [-0.05, 0) is 13.0 Å². The zero-order chi connectivity index (χ0) is 11.4. The van der Waals surface area contributed by atoms with Crippen LogP contribution in [0.5, 0.6) is 5.75 Å². The molecule has 1 aromatic carbocycles. The Kier molecular flexibility index (Phi) is 3.41. The number of ether oxygens (including phenoxy) is 2. The predicted octanol–water partition coefficient (Wildman–Crippen LogP) is 1.35. The first-order valence-electron chi connectivity index (χ1n) is 5.45. The fourth-order valence-corrected chi connectivity index (χ4v) is 1.71. The molecule has 0 fully saturated rings. The van der Waals surface area contributed by atoms with E-state index in [2.05, 4.69) is 5.32 Å². The summed E-state index contributed by atoms with van der Waals surface area (Å²) in [5, 5.41) is 3.22. The fourth-order valence-electron chi connectivity index (χ4n) is 1.71. The monoisotopic (exact) mass is 221 g/mol. The van der Waals surface area contributed by atoms with Crippen LogP contribution in [0.2, 0.25) is 0 Å². The maximum absolute atomic E-state index is 11.7. The van der Waals surface area contributed by atoms with Crippen molar-refractivity contribution in [1.82, 2.24) is 5.32 Å². The summed E-state index contributed by atoms with van der Waals surface area (Å²) in [4.78, 5) is 11.7. The Bertz CT molecular complexity index is 390. The molecule has 1 aliphatic heterocycles. The number of para-hydroxylation sites is 1. The van der Waals surface area contributed by atoms with E-state index in [4.69, 9.17) is 9.47 Å². The van der Waals surface area contributed by atoms with Crippen LogP contribution in [0.15, 0.2) is 18.2 Å². The number of rotatable bonds is 2. The number of nitrogens with one attached hydrogen (secondary N) is 1. The molecule has 0 unspecified atom stereocenters. The van der Waals surface area contributed by atoms with E-state index in [1.165, 1.54) is 0 Å². The van der Waals surface area contributed by atoms with Crippen LogP contribution in [0.1, 0.15) is 22.8 Å². The van der Waals surface area contributed by atoms with E-state index in [1.807, 2.05) is 12.1 Å².